The average molecular weight is 326 g/mol. The van der Waals surface area contributed by atoms with E-state index < -0.39 is 5.91 Å². The van der Waals surface area contributed by atoms with Crippen molar-refractivity contribution in [2.24, 2.45) is 5.73 Å². The van der Waals surface area contributed by atoms with E-state index in [9.17, 15) is 9.59 Å². The van der Waals surface area contributed by atoms with Gasteiger partial charge in [0.2, 0.25) is 0 Å². The third-order valence-corrected chi connectivity index (χ3v) is 3.63. The highest BCUT2D eigenvalue weighted by Gasteiger charge is 2.12. The molecule has 0 aliphatic carbocycles. The van der Waals surface area contributed by atoms with Gasteiger partial charge in [0.15, 0.2) is 6.61 Å². The Labute approximate surface area is 141 Å². The maximum absolute atomic E-state index is 12.0. The summed E-state index contributed by atoms with van der Waals surface area (Å²) in [5, 5.41) is 2.89. The fraction of sp³-hybridized carbons (Fsp3) is 0.263. The van der Waals surface area contributed by atoms with Gasteiger partial charge >= 0.3 is 0 Å². The first-order valence-corrected chi connectivity index (χ1v) is 7.91. The molecule has 0 saturated heterocycles. The number of benzene rings is 2. The SMILES string of the molecule is C[C@@H](CCc1ccccc1)NC(=O)COc1ccccc1C(N)=O. The Balaban J connectivity index is 1.78. The molecule has 0 aliphatic heterocycles. The number of carbonyl (C=O) groups is 2. The molecule has 0 heterocycles. The van der Waals surface area contributed by atoms with E-state index in [1.807, 2.05) is 25.1 Å². The molecule has 24 heavy (non-hydrogen) atoms. The van der Waals surface area contributed by atoms with Gasteiger partial charge < -0.3 is 15.8 Å². The summed E-state index contributed by atoms with van der Waals surface area (Å²) in [5.74, 6) is -0.492. The molecule has 0 fully saturated rings. The molecule has 0 radical (unpaired) electrons. The van der Waals surface area contributed by atoms with Crippen molar-refractivity contribution < 1.29 is 14.3 Å². The molecule has 0 unspecified atom stereocenters. The Bertz CT molecular complexity index is 686. The topological polar surface area (TPSA) is 81.4 Å². The van der Waals surface area contributed by atoms with Gasteiger partial charge in [0.1, 0.15) is 5.75 Å². The first-order valence-electron chi connectivity index (χ1n) is 7.91. The lowest BCUT2D eigenvalue weighted by Gasteiger charge is -2.15. The van der Waals surface area contributed by atoms with Crippen LogP contribution >= 0.6 is 0 Å². The molecule has 0 spiro atoms. The van der Waals surface area contributed by atoms with Gasteiger partial charge in [-0.25, -0.2) is 0 Å². The van der Waals surface area contributed by atoms with E-state index in [1.165, 1.54) is 5.56 Å². The third-order valence-electron chi connectivity index (χ3n) is 3.63. The number of hydrogen-bond acceptors (Lipinski definition) is 3. The van der Waals surface area contributed by atoms with E-state index in [2.05, 4.69) is 17.4 Å². The predicted molar refractivity (Wildman–Crippen MR) is 92.8 cm³/mol. The Morgan fingerprint density at radius 3 is 2.46 bits per heavy atom. The van der Waals surface area contributed by atoms with Crippen LogP contribution in [0.2, 0.25) is 0 Å². The number of para-hydroxylation sites is 1. The summed E-state index contributed by atoms with van der Waals surface area (Å²) in [5.41, 5.74) is 6.78. The predicted octanol–water partition coefficient (Wildman–Crippen LogP) is 2.30. The molecule has 2 rings (SSSR count). The van der Waals surface area contributed by atoms with Gasteiger partial charge in [-0.3, -0.25) is 9.59 Å². The fourth-order valence-corrected chi connectivity index (χ4v) is 2.36. The third kappa shape index (κ3) is 5.43. The number of aryl methyl sites for hydroxylation is 1. The molecule has 3 N–H and O–H groups in total. The van der Waals surface area contributed by atoms with Gasteiger partial charge in [-0.05, 0) is 37.5 Å². The van der Waals surface area contributed by atoms with Crippen LogP contribution in [-0.4, -0.2) is 24.5 Å². The lowest BCUT2D eigenvalue weighted by molar-refractivity contribution is -0.123. The van der Waals surface area contributed by atoms with Crippen LogP contribution in [0.15, 0.2) is 54.6 Å². The minimum Gasteiger partial charge on any atom is -0.483 e. The summed E-state index contributed by atoms with van der Waals surface area (Å²) < 4.78 is 5.41. The Hall–Kier alpha value is -2.82. The number of primary amides is 1. The summed E-state index contributed by atoms with van der Waals surface area (Å²) in [4.78, 5) is 23.3. The Morgan fingerprint density at radius 2 is 1.75 bits per heavy atom. The van der Waals surface area contributed by atoms with E-state index in [-0.39, 0.29) is 24.1 Å². The van der Waals surface area contributed by atoms with Crippen molar-refractivity contribution in [2.45, 2.75) is 25.8 Å². The Kier molecular flexibility index (Phi) is 6.37. The molecule has 126 valence electrons. The first-order chi connectivity index (χ1) is 11.6. The van der Waals surface area contributed by atoms with Crippen molar-refractivity contribution in [2.75, 3.05) is 6.61 Å². The minimum absolute atomic E-state index is 0.0349. The molecular weight excluding hydrogens is 304 g/mol. The Morgan fingerprint density at radius 1 is 1.08 bits per heavy atom. The lowest BCUT2D eigenvalue weighted by Crippen LogP contribution is -2.36. The van der Waals surface area contributed by atoms with Crippen LogP contribution in [0.4, 0.5) is 0 Å². The maximum atomic E-state index is 12.0. The smallest absolute Gasteiger partial charge is 0.258 e. The molecule has 0 aromatic heterocycles. The normalized spacial score (nSPS) is 11.5. The standard InChI is InChI=1S/C19H22N2O3/c1-14(11-12-15-7-3-2-4-8-15)21-18(22)13-24-17-10-6-5-9-16(17)19(20)23/h2-10,14H,11-13H2,1H3,(H2,20,23)(H,21,22)/t14-/m0/s1. The zero-order valence-electron chi connectivity index (χ0n) is 13.7. The largest absolute Gasteiger partial charge is 0.483 e. The summed E-state index contributed by atoms with van der Waals surface area (Å²) in [7, 11) is 0. The molecule has 2 aromatic carbocycles. The van der Waals surface area contributed by atoms with Gasteiger partial charge in [-0.1, -0.05) is 42.5 Å². The van der Waals surface area contributed by atoms with Crippen molar-refractivity contribution >= 4 is 11.8 Å². The maximum Gasteiger partial charge on any atom is 0.258 e. The second-order valence-corrected chi connectivity index (χ2v) is 5.64. The number of nitrogens with two attached hydrogens (primary N) is 1. The molecule has 2 aromatic rings. The fourth-order valence-electron chi connectivity index (χ4n) is 2.36. The molecule has 0 bridgehead atoms. The van der Waals surface area contributed by atoms with Crippen LogP contribution in [-0.2, 0) is 11.2 Å². The second-order valence-electron chi connectivity index (χ2n) is 5.64. The quantitative estimate of drug-likeness (QED) is 0.781. The first kappa shape index (κ1) is 17.5. The van der Waals surface area contributed by atoms with E-state index in [0.29, 0.717) is 5.75 Å². The van der Waals surface area contributed by atoms with Gasteiger partial charge in [-0.15, -0.1) is 0 Å². The number of carbonyl (C=O) groups excluding carboxylic acids is 2. The van der Waals surface area contributed by atoms with Crippen LogP contribution in [0.25, 0.3) is 0 Å². The molecule has 1 atom stereocenters. The molecule has 0 saturated carbocycles. The molecule has 5 nitrogen and oxygen atoms in total. The molecular formula is C19H22N2O3. The molecule has 2 amide bonds. The zero-order chi connectivity index (χ0) is 17.4. The van der Waals surface area contributed by atoms with Gasteiger partial charge in [0.25, 0.3) is 11.8 Å². The highest BCUT2D eigenvalue weighted by molar-refractivity contribution is 5.95. The van der Waals surface area contributed by atoms with E-state index >= 15 is 0 Å². The van der Waals surface area contributed by atoms with Crippen LogP contribution in [0.3, 0.4) is 0 Å². The van der Waals surface area contributed by atoms with Gasteiger partial charge in [0.05, 0.1) is 5.56 Å². The summed E-state index contributed by atoms with van der Waals surface area (Å²) in [6.45, 7) is 1.80. The van der Waals surface area contributed by atoms with Crippen LogP contribution in [0.5, 0.6) is 5.75 Å². The highest BCUT2D eigenvalue weighted by atomic mass is 16.5. The number of ether oxygens (including phenoxy) is 1. The van der Waals surface area contributed by atoms with Crippen molar-refractivity contribution in [1.29, 1.82) is 0 Å². The minimum atomic E-state index is -0.581. The van der Waals surface area contributed by atoms with E-state index in [4.69, 9.17) is 10.5 Å². The van der Waals surface area contributed by atoms with Crippen LogP contribution in [0.1, 0.15) is 29.3 Å². The summed E-state index contributed by atoms with van der Waals surface area (Å²) in [6.07, 6.45) is 1.74. The number of amides is 2. The van der Waals surface area contributed by atoms with E-state index in [1.54, 1.807) is 24.3 Å². The van der Waals surface area contributed by atoms with Crippen molar-refractivity contribution in [3.8, 4) is 5.75 Å². The monoisotopic (exact) mass is 326 g/mol. The van der Waals surface area contributed by atoms with Crippen molar-refractivity contribution in [3.05, 3.63) is 65.7 Å². The van der Waals surface area contributed by atoms with Gasteiger partial charge in [-0.2, -0.15) is 0 Å². The number of hydrogen-bond donors (Lipinski definition) is 2. The van der Waals surface area contributed by atoms with Crippen LogP contribution in [0, 0.1) is 0 Å². The zero-order valence-corrected chi connectivity index (χ0v) is 13.7. The number of nitrogens with one attached hydrogen (secondary N) is 1. The highest BCUT2D eigenvalue weighted by Crippen LogP contribution is 2.16. The molecule has 0 aliphatic rings. The van der Waals surface area contributed by atoms with E-state index in [0.717, 1.165) is 12.8 Å². The van der Waals surface area contributed by atoms with Gasteiger partial charge in [0, 0.05) is 6.04 Å². The second kappa shape index (κ2) is 8.72. The van der Waals surface area contributed by atoms with Crippen molar-refractivity contribution in [3.63, 3.8) is 0 Å². The molecule has 5 heteroatoms. The summed E-state index contributed by atoms with van der Waals surface area (Å²) >= 11 is 0. The average Bonchev–Trinajstić information content (AvgIpc) is 2.59. The van der Waals surface area contributed by atoms with Crippen molar-refractivity contribution in [1.82, 2.24) is 5.32 Å². The number of rotatable bonds is 8. The lowest BCUT2D eigenvalue weighted by atomic mass is 10.1. The van der Waals surface area contributed by atoms with Crippen LogP contribution < -0.4 is 15.8 Å². The summed E-state index contributed by atoms with van der Waals surface area (Å²) in [6, 6.07) is 16.8.